The summed E-state index contributed by atoms with van der Waals surface area (Å²) >= 11 is 0. The smallest absolute Gasteiger partial charge is 0.326 e. The first-order valence-corrected chi connectivity index (χ1v) is 35.5. The van der Waals surface area contributed by atoms with Gasteiger partial charge >= 0.3 is 5.69 Å². The number of allylic oxidation sites excluding steroid dienone is 1. The van der Waals surface area contributed by atoms with Crippen LogP contribution in [0.3, 0.4) is 0 Å². The lowest BCUT2D eigenvalue weighted by atomic mass is 9.95. The molecule has 3 aliphatic heterocycles. The number of rotatable bonds is 8. The average molecular weight is 1360 g/mol. The van der Waals surface area contributed by atoms with E-state index in [0.717, 1.165) is 63.7 Å². The van der Waals surface area contributed by atoms with Crippen LogP contribution in [0.15, 0.2) is 184 Å². The highest BCUT2D eigenvalue weighted by Crippen LogP contribution is 2.50. The van der Waals surface area contributed by atoms with Gasteiger partial charge in [-0.05, 0) is 169 Å². The van der Waals surface area contributed by atoms with Gasteiger partial charge in [-0.25, -0.2) is 9.78 Å². The van der Waals surface area contributed by atoms with Gasteiger partial charge in [0, 0.05) is 54.7 Å². The molecule has 15 rings (SSSR count). The predicted molar refractivity (Wildman–Crippen MR) is 411 cm³/mol. The third kappa shape index (κ3) is 19.8. The molecule has 0 bridgehead atoms. The molecule has 1 saturated carbocycles. The van der Waals surface area contributed by atoms with Gasteiger partial charge < -0.3 is 30.9 Å². The number of nitrogens with one attached hydrogen (secondary N) is 7. The number of aromatic amines is 4. The molecule has 0 saturated heterocycles. The molecule has 1 fully saturated rings. The lowest BCUT2D eigenvalue weighted by Crippen LogP contribution is -2.25. The van der Waals surface area contributed by atoms with E-state index in [-0.39, 0.29) is 45.9 Å². The van der Waals surface area contributed by atoms with Crippen LogP contribution in [0.2, 0.25) is 0 Å². The number of fused-ring (bicyclic) bond motifs is 7. The fourth-order valence-corrected chi connectivity index (χ4v) is 12.2. The minimum absolute atomic E-state index is 0.0220. The topological polar surface area (TPSA) is 245 Å². The molecule has 10 aromatic rings. The van der Waals surface area contributed by atoms with Gasteiger partial charge in [0.1, 0.15) is 0 Å². The SMILES string of the molecule is CC(C)c1cc[nH]c(=O)c1.CC(C)c1ccc2c(c1)C(=O)NC2.CC(C)c1ccc2c(c1)C(=O)NC21CC1.CC(C)c1cccc2c(=O)[nH]c(=O)[nH]c12.CC(C)c1cccc2c(=O)[nH]cnc12.CC(C)c1cccc2c1CNC2=O.CC(C)c1ccccc1.CC(C)c1cnc2c(c1)C=CC2. The quantitative estimate of drug-likeness (QED) is 0.0764. The Hall–Kier alpha value is -10.4. The van der Waals surface area contributed by atoms with E-state index in [4.69, 9.17) is 0 Å². The zero-order valence-corrected chi connectivity index (χ0v) is 61.6. The minimum atomic E-state index is -0.458. The molecule has 2 aliphatic carbocycles. The van der Waals surface area contributed by atoms with E-state index in [9.17, 15) is 33.6 Å². The van der Waals surface area contributed by atoms with Crippen molar-refractivity contribution in [3.8, 4) is 0 Å². The molecule has 3 amide bonds. The number of aromatic nitrogens is 6. The van der Waals surface area contributed by atoms with Gasteiger partial charge in [-0.1, -0.05) is 214 Å². The van der Waals surface area contributed by atoms with Crippen LogP contribution in [0.5, 0.6) is 0 Å². The fourth-order valence-electron chi connectivity index (χ4n) is 12.2. The number of para-hydroxylation sites is 2. The number of benzene rings is 6. The van der Waals surface area contributed by atoms with Gasteiger partial charge in [0.15, 0.2) is 0 Å². The average Bonchev–Trinajstić information content (AvgIpc) is 1.57. The van der Waals surface area contributed by atoms with Crippen molar-refractivity contribution in [2.24, 2.45) is 0 Å². The molecule has 16 heteroatoms. The highest BCUT2D eigenvalue weighted by atomic mass is 16.2. The number of carbonyl (C=O) groups is 3. The number of hydrogen-bond acceptors (Lipinski definition) is 9. The Labute approximate surface area is 593 Å². The largest absolute Gasteiger partial charge is 0.348 e. The molecule has 4 aromatic heterocycles. The number of hydrogen-bond donors (Lipinski definition) is 7. The maximum Gasteiger partial charge on any atom is 0.326 e. The van der Waals surface area contributed by atoms with Gasteiger partial charge in [-0.3, -0.25) is 38.7 Å². The van der Waals surface area contributed by atoms with Gasteiger partial charge in [0.2, 0.25) is 5.56 Å². The Morgan fingerprint density at radius 2 is 1.01 bits per heavy atom. The van der Waals surface area contributed by atoms with Crippen molar-refractivity contribution in [1.82, 2.24) is 45.9 Å². The van der Waals surface area contributed by atoms with E-state index in [1.165, 1.54) is 56.5 Å². The third-order valence-electron chi connectivity index (χ3n) is 18.5. The van der Waals surface area contributed by atoms with E-state index in [0.29, 0.717) is 70.8 Å². The second-order valence-electron chi connectivity index (χ2n) is 28.7. The van der Waals surface area contributed by atoms with Crippen LogP contribution in [0.25, 0.3) is 27.9 Å². The molecule has 528 valence electrons. The molecule has 5 aliphatic rings. The van der Waals surface area contributed by atoms with Crippen molar-refractivity contribution >= 4 is 45.6 Å². The predicted octanol–water partition coefficient (Wildman–Crippen LogP) is 17.1. The monoisotopic (exact) mass is 1360 g/mol. The van der Waals surface area contributed by atoms with Crippen LogP contribution < -0.4 is 38.3 Å². The summed E-state index contributed by atoms with van der Waals surface area (Å²) in [4.78, 5) is 98.0. The summed E-state index contributed by atoms with van der Waals surface area (Å²) in [6, 6.07) is 45.9. The molecule has 7 N–H and O–H groups in total. The van der Waals surface area contributed by atoms with E-state index < -0.39 is 5.69 Å². The zero-order valence-electron chi connectivity index (χ0n) is 61.6. The molecule has 16 nitrogen and oxygen atoms in total. The molecule has 0 unspecified atom stereocenters. The molecule has 0 atom stereocenters. The summed E-state index contributed by atoms with van der Waals surface area (Å²) in [6.45, 7) is 35.4. The highest BCUT2D eigenvalue weighted by molar-refractivity contribution is 6.01. The van der Waals surface area contributed by atoms with Gasteiger partial charge in [0.05, 0.1) is 39.4 Å². The summed E-state index contributed by atoms with van der Waals surface area (Å²) in [6.07, 6.45) is 12.7. The van der Waals surface area contributed by atoms with Crippen LogP contribution >= 0.6 is 0 Å². The Balaban J connectivity index is 0.000000147. The number of amides is 3. The van der Waals surface area contributed by atoms with Crippen LogP contribution in [0.1, 0.15) is 274 Å². The number of pyridine rings is 2. The first-order chi connectivity index (χ1) is 48.1. The van der Waals surface area contributed by atoms with Crippen LogP contribution in [-0.2, 0) is 25.0 Å². The highest BCUT2D eigenvalue weighted by Gasteiger charge is 2.52. The molecule has 1 spiro atoms. The fraction of sp³-hybridized carbons (Fsp3) is 0.353. The molecule has 6 aromatic carbocycles. The molecule has 101 heavy (non-hydrogen) atoms. The lowest BCUT2D eigenvalue weighted by molar-refractivity contribution is 0.0947. The van der Waals surface area contributed by atoms with Crippen molar-refractivity contribution in [3.63, 3.8) is 0 Å². The maximum atomic E-state index is 11.8. The summed E-state index contributed by atoms with van der Waals surface area (Å²) in [5, 5.41) is 9.94. The summed E-state index contributed by atoms with van der Waals surface area (Å²) < 4.78 is 0. The molecular formula is C85H101N9O7. The van der Waals surface area contributed by atoms with Gasteiger partial charge in [-0.15, -0.1) is 0 Å². The van der Waals surface area contributed by atoms with Gasteiger partial charge in [0.25, 0.3) is 28.8 Å². The van der Waals surface area contributed by atoms with Crippen LogP contribution in [-0.4, -0.2) is 47.6 Å². The first-order valence-electron chi connectivity index (χ1n) is 35.5. The minimum Gasteiger partial charge on any atom is -0.348 e. The molecule has 7 heterocycles. The zero-order chi connectivity index (χ0) is 73.4. The number of nitrogens with zero attached hydrogens (tertiary/aromatic N) is 2. The third-order valence-corrected chi connectivity index (χ3v) is 18.5. The number of H-pyrrole nitrogens is 4. The first kappa shape index (κ1) is 76.4. The van der Waals surface area contributed by atoms with E-state index >= 15 is 0 Å². The van der Waals surface area contributed by atoms with Crippen LogP contribution in [0.4, 0.5) is 0 Å². The Morgan fingerprint density at radius 1 is 0.436 bits per heavy atom. The van der Waals surface area contributed by atoms with E-state index in [1.807, 2.05) is 80.7 Å². The summed E-state index contributed by atoms with van der Waals surface area (Å²) in [7, 11) is 0. The molecular weight excluding hydrogens is 1260 g/mol. The van der Waals surface area contributed by atoms with Gasteiger partial charge in [-0.2, -0.15) is 0 Å². The lowest BCUT2D eigenvalue weighted by Gasteiger charge is -2.09. The number of carbonyl (C=O) groups excluding carboxylic acids is 3. The molecule has 0 radical (unpaired) electrons. The van der Waals surface area contributed by atoms with Crippen molar-refractivity contribution in [1.29, 1.82) is 0 Å². The summed E-state index contributed by atoms with van der Waals surface area (Å²) in [5.41, 5.74) is 19.0. The normalized spacial score (nSPS) is 13.6. The van der Waals surface area contributed by atoms with Crippen molar-refractivity contribution in [2.45, 2.75) is 196 Å². The van der Waals surface area contributed by atoms with E-state index in [1.54, 1.807) is 24.4 Å². The second kappa shape index (κ2) is 34.6. The maximum absolute atomic E-state index is 11.8. The second-order valence-corrected chi connectivity index (χ2v) is 28.7. The van der Waals surface area contributed by atoms with Crippen molar-refractivity contribution in [3.05, 3.63) is 295 Å². The Kier molecular flexibility index (Phi) is 26.2. The van der Waals surface area contributed by atoms with Crippen LogP contribution in [0, 0.1) is 0 Å². The Bertz CT molecular complexity index is 4810. The standard InChI is InChI=1S/C13H15NO.C11H12N2O2.C11H12N2O.2C11H13NO.C11H13N.C9H12.C8H11NO/c1-8(2)9-3-4-11-10(7-9)12(15)14-13(11)5-6-13;1-6(2)7-4-3-5-8-9(7)12-11(15)13-10(8)14;1-7(2)8-4-3-5-9-10(8)12-6-13-11(9)14;1-7(2)8-3-4-9-6-12-11(13)10(9)5-8;1-7(2)8-4-3-5-9-10(8)6-12-11(9)13;1-8(2)10-6-9-4-3-5-11(9)12-7-10;1-8(2)9-6-4-3-5-7-9;1-6(2)7-3-4-9-8(10)5-7/h3-4,7-8H,5-6H2,1-2H3,(H,14,15);3-6H,1-2H3,(H2,12,13,14,15);3-7H,1-2H3,(H,12,13,14);2*3-5,7H,6H2,1-2H3,(H,12,13);3-4,6-8H,5H2,1-2H3;3-8H,1-2H3;3-6H,1-2H3,(H,9,10). The van der Waals surface area contributed by atoms with Crippen molar-refractivity contribution in [2.75, 3.05) is 0 Å². The summed E-state index contributed by atoms with van der Waals surface area (Å²) in [5.74, 6) is 4.03. The Morgan fingerprint density at radius 3 is 1.61 bits per heavy atom. The van der Waals surface area contributed by atoms with Crippen molar-refractivity contribution < 1.29 is 14.4 Å². The van der Waals surface area contributed by atoms with E-state index in [2.05, 4.69) is 216 Å².